The highest BCUT2D eigenvalue weighted by Gasteiger charge is 2.27. The highest BCUT2D eigenvalue weighted by Crippen LogP contribution is 2.28. The molecule has 1 aliphatic heterocycles. The van der Waals surface area contributed by atoms with Crippen LogP contribution < -0.4 is 4.74 Å². The average molecular weight is 182 g/mol. The lowest BCUT2D eigenvalue weighted by Crippen LogP contribution is -2.32. The van der Waals surface area contributed by atoms with E-state index in [1.807, 2.05) is 4.68 Å². The van der Waals surface area contributed by atoms with E-state index in [-0.39, 0.29) is 12.0 Å². The smallest absolute Gasteiger partial charge is 0.212 e. The van der Waals surface area contributed by atoms with Crippen LogP contribution in [0.2, 0.25) is 0 Å². The Morgan fingerprint density at radius 2 is 2.46 bits per heavy atom. The lowest BCUT2D eigenvalue weighted by Gasteiger charge is -2.29. The minimum Gasteiger partial charge on any atom is -0.477 e. The molecule has 0 aromatic carbocycles. The van der Waals surface area contributed by atoms with Crippen molar-refractivity contribution in [1.82, 2.24) is 9.78 Å². The van der Waals surface area contributed by atoms with E-state index in [2.05, 4.69) is 18.9 Å². The monoisotopic (exact) mass is 182 g/mol. The van der Waals surface area contributed by atoms with Gasteiger partial charge in [-0.3, -0.25) is 0 Å². The molecule has 0 saturated carbocycles. The number of rotatable bonds is 1. The van der Waals surface area contributed by atoms with Gasteiger partial charge in [-0.15, -0.1) is 0 Å². The zero-order chi connectivity index (χ0) is 9.47. The van der Waals surface area contributed by atoms with Gasteiger partial charge in [0, 0.05) is 11.5 Å². The molecule has 2 heterocycles. The van der Waals surface area contributed by atoms with Crippen LogP contribution in [0.25, 0.3) is 0 Å². The summed E-state index contributed by atoms with van der Waals surface area (Å²) >= 11 is 0. The van der Waals surface area contributed by atoms with E-state index < -0.39 is 0 Å². The maximum Gasteiger partial charge on any atom is 0.212 e. The molecular weight excluding hydrogens is 168 g/mol. The van der Waals surface area contributed by atoms with Crippen LogP contribution >= 0.6 is 0 Å². The van der Waals surface area contributed by atoms with Gasteiger partial charge < -0.3 is 9.84 Å². The van der Waals surface area contributed by atoms with Crippen LogP contribution in [0.1, 0.15) is 19.5 Å². The van der Waals surface area contributed by atoms with E-state index in [4.69, 9.17) is 9.84 Å². The van der Waals surface area contributed by atoms with Crippen molar-refractivity contribution in [2.45, 2.75) is 27.0 Å². The zero-order valence-electron chi connectivity index (χ0n) is 7.95. The standard InChI is InChI=1S/C9H14N2O2/c1-9(2)5-11-8(13-6-9)3-7(4-12)10-11/h3,12H,4-6H2,1-2H3. The molecule has 72 valence electrons. The molecule has 0 atom stereocenters. The number of aliphatic hydroxyl groups is 1. The van der Waals surface area contributed by atoms with Gasteiger partial charge in [-0.2, -0.15) is 5.10 Å². The van der Waals surface area contributed by atoms with E-state index in [1.54, 1.807) is 6.07 Å². The fraction of sp³-hybridized carbons (Fsp3) is 0.667. The molecule has 0 amide bonds. The van der Waals surface area contributed by atoms with Gasteiger partial charge in [-0.25, -0.2) is 4.68 Å². The van der Waals surface area contributed by atoms with Crippen LogP contribution in [0.5, 0.6) is 5.88 Å². The van der Waals surface area contributed by atoms with Crippen LogP contribution in [0.15, 0.2) is 6.07 Å². The summed E-state index contributed by atoms with van der Waals surface area (Å²) in [5.41, 5.74) is 0.804. The molecule has 0 bridgehead atoms. The molecular formula is C9H14N2O2. The van der Waals surface area contributed by atoms with E-state index >= 15 is 0 Å². The number of nitrogens with zero attached hydrogens (tertiary/aromatic N) is 2. The number of aromatic nitrogens is 2. The predicted octanol–water partition coefficient (Wildman–Crippen LogP) is 0.794. The van der Waals surface area contributed by atoms with E-state index in [1.165, 1.54) is 0 Å². The summed E-state index contributed by atoms with van der Waals surface area (Å²) < 4.78 is 7.33. The zero-order valence-corrected chi connectivity index (χ0v) is 7.95. The SMILES string of the molecule is CC1(C)COc2cc(CO)nn2C1. The first kappa shape index (κ1) is 8.56. The molecule has 0 spiro atoms. The third-order valence-corrected chi connectivity index (χ3v) is 2.14. The van der Waals surface area contributed by atoms with Crippen molar-refractivity contribution in [2.75, 3.05) is 6.61 Å². The van der Waals surface area contributed by atoms with Crippen molar-refractivity contribution in [3.05, 3.63) is 11.8 Å². The van der Waals surface area contributed by atoms with Crippen LogP contribution in [0.3, 0.4) is 0 Å². The summed E-state index contributed by atoms with van der Waals surface area (Å²) in [4.78, 5) is 0. The Morgan fingerprint density at radius 3 is 3.15 bits per heavy atom. The fourth-order valence-corrected chi connectivity index (χ4v) is 1.48. The van der Waals surface area contributed by atoms with Crippen LogP contribution in [0, 0.1) is 5.41 Å². The molecule has 1 aromatic rings. The van der Waals surface area contributed by atoms with Gasteiger partial charge in [0.15, 0.2) is 0 Å². The summed E-state index contributed by atoms with van der Waals surface area (Å²) in [6.45, 7) is 5.81. The van der Waals surface area contributed by atoms with Crippen molar-refractivity contribution in [3.8, 4) is 5.88 Å². The molecule has 1 N–H and O–H groups in total. The molecule has 0 aliphatic carbocycles. The fourth-order valence-electron chi connectivity index (χ4n) is 1.48. The maximum atomic E-state index is 8.89. The van der Waals surface area contributed by atoms with Crippen molar-refractivity contribution >= 4 is 0 Å². The van der Waals surface area contributed by atoms with Gasteiger partial charge in [-0.1, -0.05) is 13.8 Å². The van der Waals surface area contributed by atoms with Crippen molar-refractivity contribution in [3.63, 3.8) is 0 Å². The number of hydrogen-bond acceptors (Lipinski definition) is 3. The summed E-state index contributed by atoms with van der Waals surface area (Å²) in [6.07, 6.45) is 0. The highest BCUT2D eigenvalue weighted by molar-refractivity contribution is 5.17. The molecule has 1 aromatic heterocycles. The summed E-state index contributed by atoms with van der Waals surface area (Å²) in [5, 5.41) is 13.1. The van der Waals surface area contributed by atoms with Gasteiger partial charge in [0.1, 0.15) is 0 Å². The lowest BCUT2D eigenvalue weighted by atomic mass is 9.94. The summed E-state index contributed by atoms with van der Waals surface area (Å²) in [5.74, 6) is 0.767. The first-order valence-electron chi connectivity index (χ1n) is 4.41. The molecule has 0 saturated heterocycles. The minimum atomic E-state index is -0.0240. The Hall–Kier alpha value is -1.03. The molecule has 0 radical (unpaired) electrons. The number of aliphatic hydroxyl groups excluding tert-OH is 1. The number of ether oxygens (including phenoxy) is 1. The number of hydrogen-bond donors (Lipinski definition) is 1. The third kappa shape index (κ3) is 1.54. The largest absolute Gasteiger partial charge is 0.477 e. The summed E-state index contributed by atoms with van der Waals surface area (Å²) in [6, 6.07) is 1.79. The average Bonchev–Trinajstić information content (AvgIpc) is 2.44. The van der Waals surface area contributed by atoms with Crippen LogP contribution in [-0.4, -0.2) is 21.5 Å². The Labute approximate surface area is 77.1 Å². The molecule has 0 fully saturated rings. The van der Waals surface area contributed by atoms with Crippen molar-refractivity contribution < 1.29 is 9.84 Å². The Bertz CT molecular complexity index is 317. The maximum absolute atomic E-state index is 8.89. The van der Waals surface area contributed by atoms with Gasteiger partial charge in [0.2, 0.25) is 5.88 Å². The van der Waals surface area contributed by atoms with Crippen molar-refractivity contribution in [2.24, 2.45) is 5.41 Å². The number of fused-ring (bicyclic) bond motifs is 1. The second-order valence-corrected chi connectivity index (χ2v) is 4.24. The molecule has 1 aliphatic rings. The van der Waals surface area contributed by atoms with E-state index in [0.717, 1.165) is 12.4 Å². The highest BCUT2D eigenvalue weighted by atomic mass is 16.5. The van der Waals surface area contributed by atoms with Gasteiger partial charge in [0.05, 0.1) is 25.5 Å². The van der Waals surface area contributed by atoms with Gasteiger partial charge in [-0.05, 0) is 0 Å². The van der Waals surface area contributed by atoms with Gasteiger partial charge >= 0.3 is 0 Å². The first-order chi connectivity index (χ1) is 6.11. The second-order valence-electron chi connectivity index (χ2n) is 4.24. The minimum absolute atomic E-state index is 0.0240. The molecule has 13 heavy (non-hydrogen) atoms. The molecule has 4 heteroatoms. The van der Waals surface area contributed by atoms with Crippen molar-refractivity contribution in [1.29, 1.82) is 0 Å². The van der Waals surface area contributed by atoms with Crippen LogP contribution in [0.4, 0.5) is 0 Å². The molecule has 0 unspecified atom stereocenters. The predicted molar refractivity (Wildman–Crippen MR) is 47.4 cm³/mol. The quantitative estimate of drug-likeness (QED) is 0.698. The third-order valence-electron chi connectivity index (χ3n) is 2.14. The Morgan fingerprint density at radius 1 is 1.69 bits per heavy atom. The van der Waals surface area contributed by atoms with Gasteiger partial charge in [0.25, 0.3) is 0 Å². The Kier molecular flexibility index (Phi) is 1.80. The van der Waals surface area contributed by atoms with E-state index in [9.17, 15) is 0 Å². The molecule has 4 nitrogen and oxygen atoms in total. The molecule has 2 rings (SSSR count). The van der Waals surface area contributed by atoms with E-state index in [0.29, 0.717) is 12.3 Å². The second kappa shape index (κ2) is 2.73. The van der Waals surface area contributed by atoms with Crippen LogP contribution in [-0.2, 0) is 13.2 Å². The lowest BCUT2D eigenvalue weighted by molar-refractivity contribution is 0.100. The first-order valence-corrected chi connectivity index (χ1v) is 4.41. The topological polar surface area (TPSA) is 47.3 Å². The normalized spacial score (nSPS) is 19.3. The summed E-state index contributed by atoms with van der Waals surface area (Å²) in [7, 11) is 0. The Balaban J connectivity index is 2.30.